The van der Waals surface area contributed by atoms with Gasteiger partial charge in [0.25, 0.3) is 0 Å². The van der Waals surface area contributed by atoms with E-state index in [1.54, 1.807) is 0 Å². The molecule has 8 aromatic rings. The van der Waals surface area contributed by atoms with E-state index in [1.807, 2.05) is 0 Å². The molecule has 0 aliphatic rings. The van der Waals surface area contributed by atoms with E-state index in [9.17, 15) is 0 Å². The monoisotopic (exact) mass is 820 g/mol. The minimum atomic E-state index is -0.799. The summed E-state index contributed by atoms with van der Waals surface area (Å²) in [4.78, 5) is 4.71. The van der Waals surface area contributed by atoms with Gasteiger partial charge in [0.1, 0.15) is 0 Å². The number of rotatable bonds is 12. The summed E-state index contributed by atoms with van der Waals surface area (Å²) < 4.78 is 0. The van der Waals surface area contributed by atoms with Crippen molar-refractivity contribution in [1.82, 2.24) is 9.80 Å². The van der Waals surface area contributed by atoms with Crippen LogP contribution in [0.15, 0.2) is 218 Å². The van der Waals surface area contributed by atoms with Gasteiger partial charge in [0.15, 0.2) is 0 Å². The molecule has 0 bridgehead atoms. The number of nitrogens with zero attached hydrogens (tertiary/aromatic N) is 2. The zero-order valence-corrected chi connectivity index (χ0v) is 36.0. The number of hydrogen-bond donors (Lipinski definition) is 0. The second-order valence-electron chi connectivity index (χ2n) is 14.3. The second-order valence-corrected chi connectivity index (χ2v) is 18.7. The molecule has 5 heteroatoms. The Balaban J connectivity index is 0.000000241. The summed E-state index contributed by atoms with van der Waals surface area (Å²) in [5.74, 6) is 0. The SMILES string of the molecule is CN(C)[C@H](c1ccccc1)c1cc[c-]([C@@H](c2ccccc2)N(C)C)c1P(c1ccccc1)c1ccccc1.[Fe].c1ccc(P(c2ccccc2)[c-]2[cH-][cH-][cH-][cH-]2)cc1. The van der Waals surface area contributed by atoms with Crippen molar-refractivity contribution in [1.29, 1.82) is 0 Å². The molecule has 57 heavy (non-hydrogen) atoms. The van der Waals surface area contributed by atoms with Crippen LogP contribution in [0.5, 0.6) is 0 Å². The van der Waals surface area contributed by atoms with Crippen molar-refractivity contribution in [2.75, 3.05) is 28.2 Å². The average molecular weight is 821 g/mol. The minimum Gasteiger partial charge on any atom is -0.747 e. The summed E-state index contributed by atoms with van der Waals surface area (Å²) in [6.07, 6.45) is 0. The van der Waals surface area contributed by atoms with Crippen LogP contribution in [-0.4, -0.2) is 38.0 Å². The normalized spacial score (nSPS) is 12.2. The van der Waals surface area contributed by atoms with Gasteiger partial charge in [-0.3, -0.25) is 0 Å². The first-order valence-corrected chi connectivity index (χ1v) is 21.9. The van der Waals surface area contributed by atoms with Gasteiger partial charge in [0.05, 0.1) is 0 Å². The van der Waals surface area contributed by atoms with Crippen LogP contribution in [0.3, 0.4) is 0 Å². The molecule has 0 aliphatic carbocycles. The summed E-state index contributed by atoms with van der Waals surface area (Å²) in [6, 6.07) is 79.4. The van der Waals surface area contributed by atoms with Crippen LogP contribution in [0.2, 0.25) is 0 Å². The second kappa shape index (κ2) is 20.7. The van der Waals surface area contributed by atoms with Crippen molar-refractivity contribution < 1.29 is 17.1 Å². The van der Waals surface area contributed by atoms with Gasteiger partial charge in [-0.1, -0.05) is 193 Å². The van der Waals surface area contributed by atoms with Gasteiger partial charge in [-0.25, -0.2) is 14.0 Å². The number of benzene rings is 6. The zero-order chi connectivity index (χ0) is 38.7. The summed E-state index contributed by atoms with van der Waals surface area (Å²) in [6.45, 7) is 0. The van der Waals surface area contributed by atoms with Crippen LogP contribution in [0.4, 0.5) is 0 Å². The van der Waals surface area contributed by atoms with E-state index >= 15 is 0 Å². The van der Waals surface area contributed by atoms with E-state index in [0.29, 0.717) is 0 Å². The van der Waals surface area contributed by atoms with Crippen molar-refractivity contribution in [3.05, 3.63) is 241 Å². The molecule has 8 rings (SSSR count). The first-order valence-electron chi connectivity index (χ1n) is 19.3. The summed E-state index contributed by atoms with van der Waals surface area (Å²) in [5, 5.41) is 8.44. The molecule has 0 amide bonds. The molecule has 2 nitrogen and oxygen atoms in total. The molecule has 0 spiro atoms. The van der Waals surface area contributed by atoms with Crippen molar-refractivity contribution >= 4 is 47.7 Å². The molecule has 0 saturated heterocycles. The third-order valence-electron chi connectivity index (χ3n) is 10.0. The van der Waals surface area contributed by atoms with Gasteiger partial charge >= 0.3 is 0 Å². The fraction of sp³-hybridized carbons (Fsp3) is 0.115. The Bertz CT molecular complexity index is 2160. The van der Waals surface area contributed by atoms with E-state index in [2.05, 4.69) is 256 Å². The topological polar surface area (TPSA) is 6.48 Å². The van der Waals surface area contributed by atoms with Gasteiger partial charge in [-0.2, -0.15) is 11.6 Å². The average Bonchev–Trinajstić information content (AvgIpc) is 3.92. The smallest absolute Gasteiger partial charge is 0.0151 e. The zero-order valence-electron chi connectivity index (χ0n) is 33.1. The molecule has 0 aromatic heterocycles. The first kappa shape index (κ1) is 41.9. The van der Waals surface area contributed by atoms with E-state index in [1.165, 1.54) is 54.1 Å². The summed E-state index contributed by atoms with van der Waals surface area (Å²) >= 11 is 0. The maximum atomic E-state index is 2.39. The summed E-state index contributed by atoms with van der Waals surface area (Å²) in [5.41, 5.74) is 5.40. The molecule has 0 radical (unpaired) electrons. The number of hydrogen-bond acceptors (Lipinski definition) is 2. The Kier molecular flexibility index (Phi) is 15.2. The molecule has 0 aliphatic heterocycles. The van der Waals surface area contributed by atoms with Gasteiger partial charge in [-0.05, 0) is 57.8 Å². The van der Waals surface area contributed by atoms with E-state index in [4.69, 9.17) is 0 Å². The quantitative estimate of drug-likeness (QED) is 0.0689. The Morgan fingerprint density at radius 2 is 0.842 bits per heavy atom. The standard InChI is InChI=1S/C35H36N2P.C17H14P.Fe/c1-36(2)33(27-17-9-5-10-18-27)31-25-26-32(34(37(3)4)28-19-11-6-12-20-28)35(31)38(29-21-13-7-14-22-29)30-23-15-8-16-24-30;1-3-9-15(10-4-1)18(17-13-7-8-14-17)16-11-5-2-6-12-16;/h5-26,33-34H,1-4H3;1-14H;/q-1;-5;/t33-,34-;;/m1../s1. The maximum Gasteiger partial charge on any atom is 0.0151 e. The molecule has 0 fully saturated rings. The van der Waals surface area contributed by atoms with Crippen LogP contribution in [0.25, 0.3) is 0 Å². The molecule has 0 saturated carbocycles. The van der Waals surface area contributed by atoms with Crippen molar-refractivity contribution in [3.8, 4) is 0 Å². The molecule has 8 aromatic carbocycles. The third-order valence-corrected chi connectivity index (χ3v) is 15.1. The molecular weight excluding hydrogens is 770 g/mol. The van der Waals surface area contributed by atoms with Crippen LogP contribution < -0.4 is 31.8 Å². The minimum absolute atomic E-state index is 0. The Morgan fingerprint density at radius 3 is 1.25 bits per heavy atom. The van der Waals surface area contributed by atoms with Crippen LogP contribution in [0, 0.1) is 0 Å². The van der Waals surface area contributed by atoms with Crippen molar-refractivity contribution in [3.63, 3.8) is 0 Å². The van der Waals surface area contributed by atoms with Gasteiger partial charge in [0.2, 0.25) is 0 Å². The van der Waals surface area contributed by atoms with E-state index in [-0.39, 0.29) is 29.2 Å². The summed E-state index contributed by atoms with van der Waals surface area (Å²) in [7, 11) is 7.58. The van der Waals surface area contributed by atoms with Crippen LogP contribution >= 0.6 is 15.8 Å². The largest absolute Gasteiger partial charge is 0.747 e. The predicted octanol–water partition coefficient (Wildman–Crippen LogP) is 9.63. The van der Waals surface area contributed by atoms with Crippen molar-refractivity contribution in [2.24, 2.45) is 0 Å². The van der Waals surface area contributed by atoms with E-state index < -0.39 is 15.8 Å². The van der Waals surface area contributed by atoms with Gasteiger partial charge < -0.3 is 39.4 Å². The molecule has 2 atom stereocenters. The van der Waals surface area contributed by atoms with Crippen LogP contribution in [0.1, 0.15) is 34.3 Å². The third kappa shape index (κ3) is 10.1. The molecular formula is C52H50FeN2P2-6. The molecule has 292 valence electrons. The predicted molar refractivity (Wildman–Crippen MR) is 245 cm³/mol. The van der Waals surface area contributed by atoms with Gasteiger partial charge in [-0.15, -0.1) is 10.9 Å². The molecule has 0 heterocycles. The Labute approximate surface area is 353 Å². The maximum absolute atomic E-state index is 2.39. The first-order chi connectivity index (χ1) is 27.5. The van der Waals surface area contributed by atoms with Crippen molar-refractivity contribution in [2.45, 2.75) is 12.1 Å². The Morgan fingerprint density at radius 1 is 0.456 bits per heavy atom. The van der Waals surface area contributed by atoms with Gasteiger partial charge in [0, 0.05) is 29.2 Å². The Hall–Kier alpha value is -4.68. The van der Waals surface area contributed by atoms with E-state index in [0.717, 1.165) is 0 Å². The van der Waals surface area contributed by atoms with Crippen LogP contribution in [-0.2, 0) is 17.1 Å². The fourth-order valence-electron chi connectivity index (χ4n) is 7.66. The molecule has 0 N–H and O–H groups in total. The fourth-order valence-corrected chi connectivity index (χ4v) is 12.6. The molecule has 0 unspecified atom stereocenters.